The van der Waals surface area contributed by atoms with E-state index in [1.54, 1.807) is 6.07 Å². The highest BCUT2D eigenvalue weighted by molar-refractivity contribution is 7.98. The summed E-state index contributed by atoms with van der Waals surface area (Å²) in [6.45, 7) is 2.36. The minimum Gasteiger partial charge on any atom is -0.508 e. The molecule has 0 radical (unpaired) electrons. The quantitative estimate of drug-likeness (QED) is 0.844. The number of benzene rings is 1. The van der Waals surface area contributed by atoms with Crippen LogP contribution in [-0.4, -0.2) is 23.9 Å². The van der Waals surface area contributed by atoms with Gasteiger partial charge in [-0.2, -0.15) is 11.8 Å². The molecule has 0 bridgehead atoms. The van der Waals surface area contributed by atoms with Crippen LogP contribution >= 0.6 is 11.8 Å². The molecule has 88 valence electrons. The highest BCUT2D eigenvalue weighted by Crippen LogP contribution is 2.22. The topological polar surface area (TPSA) is 32.3 Å². The number of thioether (sulfide) groups is 1. The maximum absolute atomic E-state index is 9.34. The van der Waals surface area contributed by atoms with Gasteiger partial charge < -0.3 is 10.4 Å². The smallest absolute Gasteiger partial charge is 0.115 e. The summed E-state index contributed by atoms with van der Waals surface area (Å²) in [5.74, 6) is 3.51. The highest BCUT2D eigenvalue weighted by Gasteiger charge is 2.12. The number of phenolic OH excluding ortho intramolecular Hbond substituents is 1. The summed E-state index contributed by atoms with van der Waals surface area (Å²) in [5.41, 5.74) is 1.22. The summed E-state index contributed by atoms with van der Waals surface area (Å²) in [5, 5.41) is 12.7. The van der Waals surface area contributed by atoms with Gasteiger partial charge >= 0.3 is 0 Å². The molecular weight excluding hydrogens is 218 g/mol. The molecule has 0 aliphatic carbocycles. The molecule has 0 amide bonds. The Morgan fingerprint density at radius 1 is 1.31 bits per heavy atom. The zero-order valence-electron chi connectivity index (χ0n) is 9.48. The van der Waals surface area contributed by atoms with E-state index in [1.807, 2.05) is 23.9 Å². The molecule has 2 nitrogen and oxygen atoms in total. The molecule has 1 aliphatic rings. The first-order chi connectivity index (χ1) is 7.84. The molecule has 0 spiro atoms. The predicted octanol–water partition coefficient (Wildman–Crippen LogP) is 2.63. The Morgan fingerprint density at radius 3 is 2.88 bits per heavy atom. The third kappa shape index (κ3) is 3.72. The largest absolute Gasteiger partial charge is 0.508 e. The van der Waals surface area contributed by atoms with Crippen molar-refractivity contribution >= 4 is 11.8 Å². The maximum atomic E-state index is 9.34. The minimum atomic E-state index is 0.375. The van der Waals surface area contributed by atoms with Crippen molar-refractivity contribution in [2.45, 2.75) is 18.6 Å². The fourth-order valence-electron chi connectivity index (χ4n) is 2.04. The van der Waals surface area contributed by atoms with Gasteiger partial charge in [0.15, 0.2) is 0 Å². The second kappa shape index (κ2) is 6.16. The molecule has 1 fully saturated rings. The minimum absolute atomic E-state index is 0.375. The number of hydrogen-bond donors (Lipinski definition) is 2. The Hall–Kier alpha value is -0.670. The van der Waals surface area contributed by atoms with Crippen molar-refractivity contribution in [3.8, 4) is 5.75 Å². The van der Waals surface area contributed by atoms with E-state index >= 15 is 0 Å². The number of rotatable bonds is 4. The van der Waals surface area contributed by atoms with E-state index in [2.05, 4.69) is 11.4 Å². The maximum Gasteiger partial charge on any atom is 0.115 e. The molecule has 0 aromatic heterocycles. The first-order valence-corrected chi connectivity index (χ1v) is 7.06. The van der Waals surface area contributed by atoms with Crippen molar-refractivity contribution in [1.29, 1.82) is 0 Å². The van der Waals surface area contributed by atoms with E-state index in [0.29, 0.717) is 5.75 Å². The Labute approximate surface area is 101 Å². The molecule has 2 N–H and O–H groups in total. The Bertz CT molecular complexity index is 323. The summed E-state index contributed by atoms with van der Waals surface area (Å²) in [7, 11) is 0. The van der Waals surface area contributed by atoms with Gasteiger partial charge in [0.05, 0.1) is 0 Å². The number of nitrogens with one attached hydrogen (secondary N) is 1. The van der Waals surface area contributed by atoms with Gasteiger partial charge in [-0.1, -0.05) is 12.1 Å². The van der Waals surface area contributed by atoms with Crippen molar-refractivity contribution in [3.63, 3.8) is 0 Å². The molecule has 1 aromatic carbocycles. The van der Waals surface area contributed by atoms with Crippen LogP contribution in [0.2, 0.25) is 0 Å². The van der Waals surface area contributed by atoms with Gasteiger partial charge in [0.1, 0.15) is 5.75 Å². The van der Waals surface area contributed by atoms with Gasteiger partial charge in [0.25, 0.3) is 0 Å². The van der Waals surface area contributed by atoms with E-state index < -0.39 is 0 Å². The zero-order chi connectivity index (χ0) is 11.2. The SMILES string of the molecule is Oc1cccc(CSCC2CCNCC2)c1. The Kier molecular flexibility index (Phi) is 4.55. The standard InChI is InChI=1S/C13H19NOS/c15-13-3-1-2-12(8-13)10-16-9-11-4-6-14-7-5-11/h1-3,8,11,14-15H,4-7,9-10H2. The molecule has 1 saturated heterocycles. The van der Waals surface area contributed by atoms with Crippen LogP contribution in [0.3, 0.4) is 0 Å². The molecule has 1 heterocycles. The third-order valence-electron chi connectivity index (χ3n) is 2.99. The van der Waals surface area contributed by atoms with Gasteiger partial charge in [-0.3, -0.25) is 0 Å². The fourth-order valence-corrected chi connectivity index (χ4v) is 3.24. The molecule has 0 unspecified atom stereocenters. The molecule has 0 saturated carbocycles. The molecule has 16 heavy (non-hydrogen) atoms. The number of hydrogen-bond acceptors (Lipinski definition) is 3. The number of aromatic hydroxyl groups is 1. The second-order valence-corrected chi connectivity index (χ2v) is 5.41. The van der Waals surface area contributed by atoms with Crippen molar-refractivity contribution < 1.29 is 5.11 Å². The monoisotopic (exact) mass is 237 g/mol. The van der Waals surface area contributed by atoms with Gasteiger partial charge in [0.2, 0.25) is 0 Å². The predicted molar refractivity (Wildman–Crippen MR) is 69.9 cm³/mol. The van der Waals surface area contributed by atoms with Gasteiger partial charge in [0, 0.05) is 5.75 Å². The molecule has 3 heteroatoms. The van der Waals surface area contributed by atoms with Crippen LogP contribution in [0, 0.1) is 5.92 Å². The van der Waals surface area contributed by atoms with Crippen LogP contribution in [0.1, 0.15) is 18.4 Å². The second-order valence-electron chi connectivity index (χ2n) is 4.38. The third-order valence-corrected chi connectivity index (χ3v) is 4.24. The van der Waals surface area contributed by atoms with E-state index in [0.717, 1.165) is 11.7 Å². The molecule has 0 atom stereocenters. The summed E-state index contributed by atoms with van der Waals surface area (Å²) < 4.78 is 0. The van der Waals surface area contributed by atoms with Crippen LogP contribution in [0.5, 0.6) is 5.75 Å². The average Bonchev–Trinajstić information content (AvgIpc) is 2.30. The van der Waals surface area contributed by atoms with Crippen molar-refractivity contribution in [2.75, 3.05) is 18.8 Å². The van der Waals surface area contributed by atoms with Crippen LogP contribution in [0.25, 0.3) is 0 Å². The Balaban J connectivity index is 1.71. The summed E-state index contributed by atoms with van der Waals surface area (Å²) in [6, 6.07) is 7.57. The summed E-state index contributed by atoms with van der Waals surface area (Å²) >= 11 is 1.98. The Morgan fingerprint density at radius 2 is 2.12 bits per heavy atom. The lowest BCUT2D eigenvalue weighted by Gasteiger charge is -2.22. The molecular formula is C13H19NOS. The van der Waals surface area contributed by atoms with E-state index in [9.17, 15) is 5.11 Å². The van der Waals surface area contributed by atoms with Crippen LogP contribution in [-0.2, 0) is 5.75 Å². The first-order valence-electron chi connectivity index (χ1n) is 5.91. The van der Waals surface area contributed by atoms with E-state index in [-0.39, 0.29) is 0 Å². The lowest BCUT2D eigenvalue weighted by atomic mass is 10.0. The van der Waals surface area contributed by atoms with Gasteiger partial charge in [-0.15, -0.1) is 0 Å². The van der Waals surface area contributed by atoms with Gasteiger partial charge in [-0.25, -0.2) is 0 Å². The number of piperidine rings is 1. The van der Waals surface area contributed by atoms with Crippen LogP contribution in [0.4, 0.5) is 0 Å². The summed E-state index contributed by atoms with van der Waals surface area (Å²) in [6.07, 6.45) is 2.63. The fraction of sp³-hybridized carbons (Fsp3) is 0.538. The molecule has 1 aliphatic heterocycles. The van der Waals surface area contributed by atoms with Crippen molar-refractivity contribution in [1.82, 2.24) is 5.32 Å². The van der Waals surface area contributed by atoms with Crippen molar-refractivity contribution in [2.24, 2.45) is 5.92 Å². The lowest BCUT2D eigenvalue weighted by Crippen LogP contribution is -2.28. The molecule has 1 aromatic rings. The van der Waals surface area contributed by atoms with E-state index in [1.165, 1.54) is 37.2 Å². The zero-order valence-corrected chi connectivity index (χ0v) is 10.3. The van der Waals surface area contributed by atoms with E-state index in [4.69, 9.17) is 0 Å². The van der Waals surface area contributed by atoms with Crippen LogP contribution in [0.15, 0.2) is 24.3 Å². The lowest BCUT2D eigenvalue weighted by molar-refractivity contribution is 0.408. The normalized spacial score (nSPS) is 17.5. The number of phenols is 1. The summed E-state index contributed by atoms with van der Waals surface area (Å²) in [4.78, 5) is 0. The van der Waals surface area contributed by atoms with Gasteiger partial charge in [-0.05, 0) is 55.3 Å². The first kappa shape index (κ1) is 11.8. The highest BCUT2D eigenvalue weighted by atomic mass is 32.2. The van der Waals surface area contributed by atoms with Crippen LogP contribution < -0.4 is 5.32 Å². The molecule has 2 rings (SSSR count). The average molecular weight is 237 g/mol. The van der Waals surface area contributed by atoms with Crippen molar-refractivity contribution in [3.05, 3.63) is 29.8 Å².